The summed E-state index contributed by atoms with van der Waals surface area (Å²) < 4.78 is 0. The molecule has 92 valence electrons. The first kappa shape index (κ1) is 14.7. The molecular formula is C13H25P3. The molecule has 0 aromatic carbocycles. The second-order valence-corrected chi connectivity index (χ2v) is 9.84. The van der Waals surface area contributed by atoms with E-state index < -0.39 is 0 Å². The molecule has 3 heteroatoms. The minimum atomic E-state index is 1.10. The molecule has 1 atom stereocenters. The maximum Gasteiger partial charge on any atom is -0.0118 e. The minimum absolute atomic E-state index is 1.10. The van der Waals surface area contributed by atoms with Crippen molar-refractivity contribution in [3.8, 4) is 0 Å². The van der Waals surface area contributed by atoms with E-state index in [4.69, 9.17) is 0 Å². The van der Waals surface area contributed by atoms with Crippen LogP contribution in [0.15, 0.2) is 5.80 Å². The highest BCUT2D eigenvalue weighted by Gasteiger charge is 1.95. The Morgan fingerprint density at radius 2 is 1.56 bits per heavy atom. The van der Waals surface area contributed by atoms with Crippen LogP contribution in [0.3, 0.4) is 0 Å². The molecule has 0 N–H and O–H groups in total. The fourth-order valence-electron chi connectivity index (χ4n) is 1.96. The predicted octanol–water partition coefficient (Wildman–Crippen LogP) is 6.95. The summed E-state index contributed by atoms with van der Waals surface area (Å²) >= 11 is 0. The fourth-order valence-corrected chi connectivity index (χ4v) is 7.70. The predicted molar refractivity (Wildman–Crippen MR) is 81.9 cm³/mol. The van der Waals surface area contributed by atoms with E-state index in [1.807, 2.05) is 0 Å². The van der Waals surface area contributed by atoms with Crippen LogP contribution in [0.2, 0.25) is 0 Å². The first-order valence-electron chi connectivity index (χ1n) is 6.79. The molecule has 0 amide bonds. The Morgan fingerprint density at radius 3 is 2.12 bits per heavy atom. The third kappa shape index (κ3) is 7.84. The van der Waals surface area contributed by atoms with Gasteiger partial charge in [0, 0.05) is 0 Å². The molecule has 0 saturated heterocycles. The molecule has 0 aliphatic heterocycles. The van der Waals surface area contributed by atoms with Gasteiger partial charge in [0.05, 0.1) is 0 Å². The quantitative estimate of drug-likeness (QED) is 0.405. The van der Waals surface area contributed by atoms with Gasteiger partial charge in [0.2, 0.25) is 0 Å². The van der Waals surface area contributed by atoms with E-state index in [1.165, 1.54) is 64.2 Å². The molecule has 1 aromatic heterocycles. The minimum Gasteiger partial charge on any atom is -0.105 e. The largest absolute Gasteiger partial charge is 0.105 e. The molecule has 0 aliphatic rings. The van der Waals surface area contributed by atoms with Gasteiger partial charge in [-0.2, -0.15) is 0 Å². The summed E-state index contributed by atoms with van der Waals surface area (Å²) in [7, 11) is 4.35. The Balaban J connectivity index is 1.78. The monoisotopic (exact) mass is 274 g/mol. The van der Waals surface area contributed by atoms with Crippen molar-refractivity contribution in [3.63, 3.8) is 0 Å². The van der Waals surface area contributed by atoms with Crippen LogP contribution >= 0.6 is 23.3 Å². The number of unbranched alkanes of at least 4 members (excludes halogenated alkanes) is 8. The maximum atomic E-state index is 2.48. The van der Waals surface area contributed by atoms with E-state index in [-0.39, 0.29) is 0 Å². The van der Waals surface area contributed by atoms with Gasteiger partial charge in [-0.15, -0.1) is 7.87 Å². The lowest BCUT2D eigenvalue weighted by Gasteiger charge is -2.01. The van der Waals surface area contributed by atoms with Crippen molar-refractivity contribution < 1.29 is 0 Å². The molecule has 0 spiro atoms. The van der Waals surface area contributed by atoms with Crippen molar-refractivity contribution in [1.82, 2.24) is 0 Å². The number of hydrogen-bond donors (Lipinski definition) is 0. The van der Waals surface area contributed by atoms with Gasteiger partial charge in [-0.05, 0) is 39.4 Å². The topological polar surface area (TPSA) is 0 Å². The Morgan fingerprint density at radius 1 is 0.938 bits per heavy atom. The molecule has 0 nitrogen and oxygen atoms in total. The Bertz CT molecular complexity index is 231. The molecule has 0 saturated carbocycles. The zero-order valence-corrected chi connectivity index (χ0v) is 13.3. The average molecular weight is 274 g/mol. The van der Waals surface area contributed by atoms with Crippen LogP contribution in [0.25, 0.3) is 0 Å². The van der Waals surface area contributed by atoms with Gasteiger partial charge in [0.1, 0.15) is 0 Å². The smallest absolute Gasteiger partial charge is 0.0118 e. The zero-order chi connectivity index (χ0) is 11.5. The van der Waals surface area contributed by atoms with Gasteiger partial charge in [-0.25, -0.2) is 0 Å². The van der Waals surface area contributed by atoms with Crippen LogP contribution in [-0.2, 0) is 6.42 Å². The van der Waals surface area contributed by atoms with E-state index in [1.54, 1.807) is 20.7 Å². The molecule has 1 aromatic rings. The lowest BCUT2D eigenvalue weighted by molar-refractivity contribution is 0.565. The van der Waals surface area contributed by atoms with Crippen molar-refractivity contribution in [3.05, 3.63) is 11.1 Å². The lowest BCUT2D eigenvalue weighted by atomic mass is 10.1. The fraction of sp³-hybridized carbons (Fsp3) is 0.846. The highest BCUT2D eigenvalue weighted by molar-refractivity contribution is 8.17. The van der Waals surface area contributed by atoms with E-state index in [9.17, 15) is 0 Å². The van der Waals surface area contributed by atoms with E-state index in [2.05, 4.69) is 12.7 Å². The molecular weight excluding hydrogens is 249 g/mol. The van der Waals surface area contributed by atoms with Crippen molar-refractivity contribution >= 4 is 23.3 Å². The molecule has 1 heterocycles. The summed E-state index contributed by atoms with van der Waals surface area (Å²) in [6, 6.07) is 0. The molecule has 1 rings (SSSR count). The molecule has 0 aliphatic carbocycles. The third-order valence-corrected chi connectivity index (χ3v) is 8.29. The third-order valence-electron chi connectivity index (χ3n) is 3.00. The maximum absolute atomic E-state index is 2.48. The summed E-state index contributed by atoms with van der Waals surface area (Å²) in [5, 5.41) is 1.72. The van der Waals surface area contributed by atoms with Crippen molar-refractivity contribution in [2.24, 2.45) is 0 Å². The normalized spacial score (nSPS) is 12.3. The van der Waals surface area contributed by atoms with Crippen molar-refractivity contribution in [1.29, 1.82) is 0 Å². The van der Waals surface area contributed by atoms with Gasteiger partial charge in [0.15, 0.2) is 0 Å². The Labute approximate surface area is 106 Å². The van der Waals surface area contributed by atoms with Gasteiger partial charge in [-0.1, -0.05) is 58.3 Å². The molecule has 0 fully saturated rings. The average Bonchev–Trinajstić information content (AvgIpc) is 2.80. The van der Waals surface area contributed by atoms with Crippen molar-refractivity contribution in [2.75, 3.05) is 0 Å². The number of hydrogen-bond acceptors (Lipinski definition) is 0. The zero-order valence-electron chi connectivity index (χ0n) is 10.5. The summed E-state index contributed by atoms with van der Waals surface area (Å²) in [4.78, 5) is 0. The first-order chi connectivity index (χ1) is 7.93. The second-order valence-electron chi connectivity index (χ2n) is 4.54. The van der Waals surface area contributed by atoms with Crippen LogP contribution in [0.5, 0.6) is 0 Å². The molecule has 16 heavy (non-hydrogen) atoms. The molecule has 0 radical (unpaired) electrons. The summed E-state index contributed by atoms with van der Waals surface area (Å²) in [5.74, 6) is 2.48. The van der Waals surface area contributed by atoms with E-state index >= 15 is 0 Å². The van der Waals surface area contributed by atoms with Crippen molar-refractivity contribution in [2.45, 2.75) is 71.1 Å². The summed E-state index contributed by atoms with van der Waals surface area (Å²) in [5.41, 5.74) is 0. The summed E-state index contributed by atoms with van der Waals surface area (Å²) in [6.07, 6.45) is 14.4. The second kappa shape index (κ2) is 10.8. The SMILES string of the molecule is CCCCCCCCCCCc1c[pH]pp1. The van der Waals surface area contributed by atoms with Crippen LogP contribution < -0.4 is 0 Å². The van der Waals surface area contributed by atoms with Gasteiger partial charge in [0.25, 0.3) is 0 Å². The number of rotatable bonds is 10. The van der Waals surface area contributed by atoms with E-state index in [0.717, 1.165) is 7.87 Å². The lowest BCUT2D eigenvalue weighted by Crippen LogP contribution is -1.83. The van der Waals surface area contributed by atoms with Crippen LogP contribution in [0, 0.1) is 0 Å². The molecule has 0 bridgehead atoms. The van der Waals surface area contributed by atoms with Crippen LogP contribution in [0.1, 0.15) is 70.0 Å². The van der Waals surface area contributed by atoms with Crippen LogP contribution in [0.4, 0.5) is 0 Å². The van der Waals surface area contributed by atoms with Gasteiger partial charge < -0.3 is 0 Å². The highest BCUT2D eigenvalue weighted by atomic mass is 32.1. The van der Waals surface area contributed by atoms with Crippen LogP contribution in [-0.4, -0.2) is 0 Å². The Kier molecular flexibility index (Phi) is 9.90. The summed E-state index contributed by atoms with van der Waals surface area (Å²) in [6.45, 7) is 2.29. The Hall–Kier alpha value is 0.640. The van der Waals surface area contributed by atoms with E-state index in [0.29, 0.717) is 0 Å². The first-order valence-corrected chi connectivity index (χ1v) is 11.2. The number of aryl methyl sites for hydroxylation is 1. The highest BCUT2D eigenvalue weighted by Crippen LogP contribution is 2.37. The van der Waals surface area contributed by atoms with Gasteiger partial charge in [-0.3, -0.25) is 0 Å². The standard InChI is InChI=1S/C13H25P3/c1-2-3-4-5-6-7-8-9-10-11-13-12-14-16-15-13/h12,14H,2-11H2,1H3. The van der Waals surface area contributed by atoms with Gasteiger partial charge >= 0.3 is 0 Å². The molecule has 1 unspecified atom stereocenters.